The molecule has 3 rings (SSSR count). The molecule has 90 valence electrons. The van der Waals surface area contributed by atoms with Crippen molar-refractivity contribution in [3.05, 3.63) is 12.4 Å². The Kier molecular flexibility index (Phi) is 2.07. The third kappa shape index (κ3) is 1.54. The lowest BCUT2D eigenvalue weighted by Gasteiger charge is -2.33. The van der Waals surface area contributed by atoms with Crippen molar-refractivity contribution in [2.75, 3.05) is 23.7 Å². The van der Waals surface area contributed by atoms with Gasteiger partial charge in [0.25, 0.3) is 0 Å². The molecule has 2 atom stereocenters. The van der Waals surface area contributed by atoms with E-state index in [1.54, 1.807) is 6.07 Å². The maximum Gasteiger partial charge on any atom is 0.407 e. The number of nitrogen functional groups attached to an aromatic ring is 1. The number of aromatic nitrogens is 2. The van der Waals surface area contributed by atoms with Gasteiger partial charge in [0.05, 0.1) is 12.1 Å². The van der Waals surface area contributed by atoms with Gasteiger partial charge in [0.1, 0.15) is 18.0 Å². The van der Waals surface area contributed by atoms with Crippen molar-refractivity contribution in [1.29, 1.82) is 0 Å². The summed E-state index contributed by atoms with van der Waals surface area (Å²) in [6.45, 7) is 1.23. The van der Waals surface area contributed by atoms with Crippen LogP contribution in [0.4, 0.5) is 16.4 Å². The van der Waals surface area contributed by atoms with Gasteiger partial charge >= 0.3 is 6.09 Å². The lowest BCUT2D eigenvalue weighted by atomic mass is 10.2. The largest absolute Gasteiger partial charge is 0.465 e. The highest BCUT2D eigenvalue weighted by Crippen LogP contribution is 2.33. The maximum atomic E-state index is 11.0. The van der Waals surface area contributed by atoms with Crippen molar-refractivity contribution in [3.63, 3.8) is 0 Å². The Morgan fingerprint density at radius 2 is 2.24 bits per heavy atom. The van der Waals surface area contributed by atoms with Crippen LogP contribution in [0.2, 0.25) is 0 Å². The smallest absolute Gasteiger partial charge is 0.407 e. The van der Waals surface area contributed by atoms with Gasteiger partial charge in [0.15, 0.2) is 0 Å². The Bertz CT molecular complexity index is 466. The maximum absolute atomic E-state index is 11.0. The van der Waals surface area contributed by atoms with Crippen molar-refractivity contribution in [2.24, 2.45) is 0 Å². The van der Waals surface area contributed by atoms with Gasteiger partial charge in [-0.15, -0.1) is 0 Å². The molecule has 0 aromatic carbocycles. The molecule has 3 heterocycles. The van der Waals surface area contributed by atoms with Crippen molar-refractivity contribution < 1.29 is 9.90 Å². The molecule has 1 aromatic rings. The molecule has 1 amide bonds. The highest BCUT2D eigenvalue weighted by atomic mass is 16.4. The van der Waals surface area contributed by atoms with Gasteiger partial charge in [-0.1, -0.05) is 0 Å². The Morgan fingerprint density at radius 3 is 2.82 bits per heavy atom. The SMILES string of the molecule is Nc1cc(N2C[C@@H]3C[C@H]2CN3C(=O)O)ncn1. The molecule has 3 N–H and O–H groups in total. The third-order valence-corrected chi connectivity index (χ3v) is 3.45. The molecule has 7 heteroatoms. The molecule has 0 saturated carbocycles. The monoisotopic (exact) mass is 235 g/mol. The van der Waals surface area contributed by atoms with Crippen molar-refractivity contribution in [3.8, 4) is 0 Å². The summed E-state index contributed by atoms with van der Waals surface area (Å²) in [5.74, 6) is 1.22. The Labute approximate surface area is 97.9 Å². The predicted octanol–water partition coefficient (Wildman–Crippen LogP) is -0.000300. The van der Waals surface area contributed by atoms with Crippen LogP contribution in [-0.2, 0) is 0 Å². The number of amides is 1. The Morgan fingerprint density at radius 1 is 1.41 bits per heavy atom. The van der Waals surface area contributed by atoms with Gasteiger partial charge in [-0.3, -0.25) is 0 Å². The average Bonchev–Trinajstić information content (AvgIpc) is 2.87. The highest BCUT2D eigenvalue weighted by molar-refractivity contribution is 5.67. The van der Waals surface area contributed by atoms with E-state index in [1.807, 2.05) is 0 Å². The van der Waals surface area contributed by atoms with Gasteiger partial charge in [0.2, 0.25) is 0 Å². The van der Waals surface area contributed by atoms with Crippen LogP contribution in [0.1, 0.15) is 6.42 Å². The van der Waals surface area contributed by atoms with E-state index in [2.05, 4.69) is 14.9 Å². The normalized spacial score (nSPS) is 26.6. The summed E-state index contributed by atoms with van der Waals surface area (Å²) in [6, 6.07) is 2.02. The van der Waals surface area contributed by atoms with E-state index in [0.29, 0.717) is 18.9 Å². The molecular formula is C10H13N5O2. The summed E-state index contributed by atoms with van der Waals surface area (Å²) in [5, 5.41) is 9.00. The van der Waals surface area contributed by atoms with Gasteiger partial charge in [-0.2, -0.15) is 0 Å². The topological polar surface area (TPSA) is 95.6 Å². The van der Waals surface area contributed by atoms with Crippen LogP contribution >= 0.6 is 0 Å². The summed E-state index contributed by atoms with van der Waals surface area (Å²) in [7, 11) is 0. The predicted molar refractivity (Wildman–Crippen MR) is 60.7 cm³/mol. The van der Waals surface area contributed by atoms with Crippen LogP contribution in [0.3, 0.4) is 0 Å². The molecule has 17 heavy (non-hydrogen) atoms. The molecule has 0 radical (unpaired) electrons. The van der Waals surface area contributed by atoms with E-state index >= 15 is 0 Å². The number of hydrogen-bond acceptors (Lipinski definition) is 5. The van der Waals surface area contributed by atoms with E-state index in [-0.39, 0.29) is 12.1 Å². The second-order valence-electron chi connectivity index (χ2n) is 4.43. The second kappa shape index (κ2) is 3.47. The van der Waals surface area contributed by atoms with Crippen LogP contribution in [0.25, 0.3) is 0 Å². The van der Waals surface area contributed by atoms with Gasteiger partial charge < -0.3 is 20.6 Å². The van der Waals surface area contributed by atoms with E-state index < -0.39 is 6.09 Å². The second-order valence-corrected chi connectivity index (χ2v) is 4.43. The van der Waals surface area contributed by atoms with E-state index in [4.69, 9.17) is 10.8 Å². The van der Waals surface area contributed by atoms with Gasteiger partial charge in [-0.05, 0) is 6.42 Å². The number of anilines is 2. The summed E-state index contributed by atoms with van der Waals surface area (Å²) in [6.07, 6.45) is 1.47. The van der Waals surface area contributed by atoms with Gasteiger partial charge in [-0.25, -0.2) is 14.8 Å². The first kappa shape index (κ1) is 10.1. The number of rotatable bonds is 1. The van der Waals surface area contributed by atoms with Crippen LogP contribution in [0, 0.1) is 0 Å². The first-order valence-electron chi connectivity index (χ1n) is 5.49. The lowest BCUT2D eigenvalue weighted by Crippen LogP contribution is -2.48. The zero-order valence-corrected chi connectivity index (χ0v) is 9.15. The molecule has 2 aliphatic rings. The van der Waals surface area contributed by atoms with Gasteiger partial charge in [0, 0.05) is 19.2 Å². The van der Waals surface area contributed by atoms with Crippen LogP contribution < -0.4 is 10.6 Å². The van der Waals surface area contributed by atoms with E-state index in [0.717, 1.165) is 12.2 Å². The lowest BCUT2D eigenvalue weighted by molar-refractivity contribution is 0.137. The number of nitrogens with two attached hydrogens (primary N) is 1. The number of hydrogen-bond donors (Lipinski definition) is 2. The summed E-state index contributed by atoms with van der Waals surface area (Å²) in [5.41, 5.74) is 5.62. The minimum absolute atomic E-state index is 0.0775. The summed E-state index contributed by atoms with van der Waals surface area (Å²) in [4.78, 5) is 22.6. The van der Waals surface area contributed by atoms with Crippen LogP contribution in [0.5, 0.6) is 0 Å². The molecule has 2 aliphatic heterocycles. The quantitative estimate of drug-likeness (QED) is 0.711. The number of piperazine rings is 1. The molecule has 2 bridgehead atoms. The molecule has 2 fully saturated rings. The van der Waals surface area contributed by atoms with Crippen molar-refractivity contribution >= 4 is 17.7 Å². The number of fused-ring (bicyclic) bond motifs is 2. The fourth-order valence-corrected chi connectivity index (χ4v) is 2.70. The first-order chi connectivity index (χ1) is 8.15. The molecule has 1 aromatic heterocycles. The van der Waals surface area contributed by atoms with E-state index in [9.17, 15) is 4.79 Å². The minimum Gasteiger partial charge on any atom is -0.465 e. The van der Waals surface area contributed by atoms with Crippen molar-refractivity contribution in [1.82, 2.24) is 14.9 Å². The summed E-state index contributed by atoms with van der Waals surface area (Å²) >= 11 is 0. The molecule has 0 unspecified atom stereocenters. The number of likely N-dealkylation sites (tertiary alicyclic amines) is 1. The van der Waals surface area contributed by atoms with Crippen molar-refractivity contribution in [2.45, 2.75) is 18.5 Å². The zero-order valence-electron chi connectivity index (χ0n) is 9.15. The fraction of sp³-hybridized carbons (Fsp3) is 0.500. The number of nitrogens with zero attached hydrogens (tertiary/aromatic N) is 4. The Balaban J connectivity index is 1.80. The zero-order chi connectivity index (χ0) is 12.0. The van der Waals surface area contributed by atoms with Crippen LogP contribution in [0.15, 0.2) is 12.4 Å². The van der Waals surface area contributed by atoms with E-state index in [1.165, 1.54) is 11.2 Å². The fourth-order valence-electron chi connectivity index (χ4n) is 2.70. The molecular weight excluding hydrogens is 222 g/mol. The third-order valence-electron chi connectivity index (χ3n) is 3.45. The minimum atomic E-state index is -0.834. The molecule has 0 spiro atoms. The molecule has 7 nitrogen and oxygen atoms in total. The molecule has 0 aliphatic carbocycles. The first-order valence-corrected chi connectivity index (χ1v) is 5.49. The molecule has 2 saturated heterocycles. The summed E-state index contributed by atoms with van der Waals surface area (Å²) < 4.78 is 0. The standard InChI is InChI=1S/C10H13N5O2/c11-8-2-9(13-5-12-8)14-3-7-1-6(14)4-15(7)10(16)17/h2,5-7H,1,3-4H2,(H,16,17)(H2,11,12,13)/t6-,7-/m0/s1. The Hall–Kier alpha value is -2.05. The average molecular weight is 235 g/mol. The number of carbonyl (C=O) groups is 1. The highest BCUT2D eigenvalue weighted by Gasteiger charge is 2.45. The van der Waals surface area contributed by atoms with Crippen LogP contribution in [-0.4, -0.2) is 51.2 Å². The number of carboxylic acid groups (broad SMARTS) is 1.